The molecule has 5 nitrogen and oxygen atoms in total. The highest BCUT2D eigenvalue weighted by molar-refractivity contribution is 5.78. The number of carbonyl (C=O) groups is 1. The van der Waals surface area contributed by atoms with Crippen molar-refractivity contribution in [3.8, 4) is 5.75 Å². The van der Waals surface area contributed by atoms with E-state index in [4.69, 9.17) is 14.2 Å². The monoisotopic (exact) mass is 295 g/mol. The minimum Gasteiger partial charge on any atom is -0.496 e. The summed E-state index contributed by atoms with van der Waals surface area (Å²) in [5.41, 5.74) is 0.682. The van der Waals surface area contributed by atoms with E-state index < -0.39 is 0 Å². The molecule has 0 bridgehead atoms. The van der Waals surface area contributed by atoms with Crippen LogP contribution in [0.15, 0.2) is 24.3 Å². The second kappa shape index (κ2) is 8.64. The number of amides is 1. The normalized spacial score (nSPS) is 11.2. The zero-order valence-electron chi connectivity index (χ0n) is 13.3. The van der Waals surface area contributed by atoms with Crippen LogP contribution in [0.4, 0.5) is 0 Å². The van der Waals surface area contributed by atoms with E-state index >= 15 is 0 Å². The van der Waals surface area contributed by atoms with Crippen molar-refractivity contribution in [3.05, 3.63) is 29.8 Å². The van der Waals surface area contributed by atoms with Crippen LogP contribution >= 0.6 is 0 Å². The van der Waals surface area contributed by atoms with Crippen LogP contribution in [0.2, 0.25) is 0 Å². The Labute approximate surface area is 126 Å². The molecule has 1 aromatic carbocycles. The molecular weight excluding hydrogens is 270 g/mol. The third-order valence-corrected chi connectivity index (χ3v) is 2.97. The standard InChI is InChI=1S/C16H25NO4/c1-16(2,17-15(18)12-21-10-9-19-3)11-13-7-5-6-8-14(13)20-4/h5-8H,9-12H2,1-4H3,(H,17,18). The summed E-state index contributed by atoms with van der Waals surface area (Å²) < 4.78 is 15.4. The number of para-hydroxylation sites is 1. The molecule has 0 radical (unpaired) electrons. The molecule has 1 aromatic rings. The first kappa shape index (κ1) is 17.5. The Morgan fingerprint density at radius 2 is 1.90 bits per heavy atom. The number of methoxy groups -OCH3 is 2. The quantitative estimate of drug-likeness (QED) is 0.706. The molecule has 0 heterocycles. The number of hydrogen-bond donors (Lipinski definition) is 1. The first-order valence-electron chi connectivity index (χ1n) is 6.98. The molecule has 0 saturated heterocycles. The Hall–Kier alpha value is -1.59. The van der Waals surface area contributed by atoms with Crippen LogP contribution in [0.3, 0.4) is 0 Å². The molecule has 1 rings (SSSR count). The molecule has 0 spiro atoms. The molecule has 0 unspecified atom stereocenters. The van der Waals surface area contributed by atoms with Crippen LogP contribution in [0, 0.1) is 0 Å². The first-order valence-corrected chi connectivity index (χ1v) is 6.98. The van der Waals surface area contributed by atoms with E-state index in [9.17, 15) is 4.79 Å². The smallest absolute Gasteiger partial charge is 0.246 e. The highest BCUT2D eigenvalue weighted by Gasteiger charge is 2.22. The number of hydrogen-bond acceptors (Lipinski definition) is 4. The van der Waals surface area contributed by atoms with Crippen molar-refractivity contribution in [2.45, 2.75) is 25.8 Å². The minimum atomic E-state index is -0.379. The highest BCUT2D eigenvalue weighted by Crippen LogP contribution is 2.22. The topological polar surface area (TPSA) is 56.8 Å². The molecule has 5 heteroatoms. The summed E-state index contributed by atoms with van der Waals surface area (Å²) >= 11 is 0. The van der Waals surface area contributed by atoms with Gasteiger partial charge in [0.15, 0.2) is 0 Å². The second-order valence-corrected chi connectivity index (χ2v) is 5.47. The van der Waals surface area contributed by atoms with E-state index in [1.807, 2.05) is 38.1 Å². The summed E-state index contributed by atoms with van der Waals surface area (Å²) in [6.07, 6.45) is 0.681. The zero-order valence-corrected chi connectivity index (χ0v) is 13.3. The summed E-state index contributed by atoms with van der Waals surface area (Å²) in [6, 6.07) is 7.81. The lowest BCUT2D eigenvalue weighted by Crippen LogP contribution is -2.46. The van der Waals surface area contributed by atoms with Gasteiger partial charge in [-0.25, -0.2) is 0 Å². The summed E-state index contributed by atoms with van der Waals surface area (Å²) in [5, 5.41) is 2.97. The Balaban J connectivity index is 2.51. The molecule has 21 heavy (non-hydrogen) atoms. The van der Waals surface area contributed by atoms with Gasteiger partial charge in [-0.15, -0.1) is 0 Å². The lowest BCUT2D eigenvalue weighted by molar-refractivity contribution is -0.127. The first-order chi connectivity index (χ1) is 9.98. The van der Waals surface area contributed by atoms with Crippen molar-refractivity contribution >= 4 is 5.91 Å². The second-order valence-electron chi connectivity index (χ2n) is 5.47. The summed E-state index contributed by atoms with van der Waals surface area (Å²) in [4.78, 5) is 11.9. The van der Waals surface area contributed by atoms with Gasteiger partial charge in [0.1, 0.15) is 12.4 Å². The fourth-order valence-electron chi connectivity index (χ4n) is 2.09. The van der Waals surface area contributed by atoms with E-state index in [0.29, 0.717) is 19.6 Å². The van der Waals surface area contributed by atoms with E-state index in [1.165, 1.54) is 0 Å². The molecule has 0 aromatic heterocycles. The summed E-state index contributed by atoms with van der Waals surface area (Å²) in [7, 11) is 3.24. The molecule has 0 aliphatic heterocycles. The van der Waals surface area contributed by atoms with Gasteiger partial charge in [0.25, 0.3) is 0 Å². The molecule has 1 amide bonds. The van der Waals surface area contributed by atoms with Crippen molar-refractivity contribution in [2.75, 3.05) is 34.0 Å². The maximum absolute atomic E-state index is 11.9. The third-order valence-electron chi connectivity index (χ3n) is 2.97. The van der Waals surface area contributed by atoms with Crippen molar-refractivity contribution in [3.63, 3.8) is 0 Å². The number of nitrogens with one attached hydrogen (secondary N) is 1. The van der Waals surface area contributed by atoms with Gasteiger partial charge in [-0.3, -0.25) is 4.79 Å². The molecule has 0 saturated carbocycles. The fourth-order valence-corrected chi connectivity index (χ4v) is 2.09. The lowest BCUT2D eigenvalue weighted by Gasteiger charge is -2.27. The predicted molar refractivity (Wildman–Crippen MR) is 81.6 cm³/mol. The highest BCUT2D eigenvalue weighted by atomic mass is 16.5. The maximum Gasteiger partial charge on any atom is 0.246 e. The Kier molecular flexibility index (Phi) is 7.19. The predicted octanol–water partition coefficient (Wildman–Crippen LogP) is 1.80. The number of rotatable bonds is 9. The van der Waals surface area contributed by atoms with Crippen LogP contribution in [-0.2, 0) is 20.7 Å². The van der Waals surface area contributed by atoms with Crippen molar-refractivity contribution in [1.82, 2.24) is 5.32 Å². The van der Waals surface area contributed by atoms with Crippen LogP contribution in [0.25, 0.3) is 0 Å². The van der Waals surface area contributed by atoms with Gasteiger partial charge in [-0.05, 0) is 31.9 Å². The maximum atomic E-state index is 11.9. The van der Waals surface area contributed by atoms with Crippen LogP contribution in [-0.4, -0.2) is 45.5 Å². The SMILES string of the molecule is COCCOCC(=O)NC(C)(C)Cc1ccccc1OC. The van der Waals surface area contributed by atoms with E-state index in [1.54, 1.807) is 14.2 Å². The molecule has 0 aliphatic carbocycles. The van der Waals surface area contributed by atoms with E-state index in [2.05, 4.69) is 5.32 Å². The molecule has 0 aliphatic rings. The van der Waals surface area contributed by atoms with Crippen molar-refractivity contribution < 1.29 is 19.0 Å². The summed E-state index contributed by atoms with van der Waals surface area (Å²) in [6.45, 7) is 4.90. The van der Waals surface area contributed by atoms with Gasteiger partial charge in [0, 0.05) is 12.6 Å². The number of benzene rings is 1. The minimum absolute atomic E-state index is 0.0404. The van der Waals surface area contributed by atoms with Gasteiger partial charge in [-0.1, -0.05) is 18.2 Å². The summed E-state index contributed by atoms with van der Waals surface area (Å²) in [5.74, 6) is 0.696. The van der Waals surface area contributed by atoms with E-state index in [0.717, 1.165) is 11.3 Å². The Morgan fingerprint density at radius 3 is 2.57 bits per heavy atom. The average molecular weight is 295 g/mol. The third kappa shape index (κ3) is 6.60. The van der Waals surface area contributed by atoms with E-state index in [-0.39, 0.29) is 18.1 Å². The number of ether oxygens (including phenoxy) is 3. The van der Waals surface area contributed by atoms with Crippen LogP contribution in [0.1, 0.15) is 19.4 Å². The molecule has 0 fully saturated rings. The van der Waals surface area contributed by atoms with Gasteiger partial charge in [0.2, 0.25) is 5.91 Å². The fraction of sp³-hybridized carbons (Fsp3) is 0.562. The lowest BCUT2D eigenvalue weighted by atomic mass is 9.94. The average Bonchev–Trinajstić information content (AvgIpc) is 2.43. The zero-order chi connectivity index (χ0) is 15.7. The molecular formula is C16H25NO4. The van der Waals surface area contributed by atoms with Gasteiger partial charge >= 0.3 is 0 Å². The molecule has 0 atom stereocenters. The van der Waals surface area contributed by atoms with Crippen molar-refractivity contribution in [1.29, 1.82) is 0 Å². The Bertz CT molecular complexity index is 446. The van der Waals surface area contributed by atoms with Crippen molar-refractivity contribution in [2.24, 2.45) is 0 Å². The van der Waals surface area contributed by atoms with Gasteiger partial charge in [0.05, 0.1) is 20.3 Å². The molecule has 118 valence electrons. The largest absolute Gasteiger partial charge is 0.496 e. The van der Waals surface area contributed by atoms with Gasteiger partial charge in [-0.2, -0.15) is 0 Å². The number of carbonyl (C=O) groups excluding carboxylic acids is 1. The van der Waals surface area contributed by atoms with Crippen LogP contribution in [0.5, 0.6) is 5.75 Å². The van der Waals surface area contributed by atoms with Crippen LogP contribution < -0.4 is 10.1 Å². The molecule has 1 N–H and O–H groups in total. The Morgan fingerprint density at radius 1 is 1.19 bits per heavy atom. The van der Waals surface area contributed by atoms with Gasteiger partial charge < -0.3 is 19.5 Å².